The van der Waals surface area contributed by atoms with Gasteiger partial charge >= 0.3 is 5.97 Å². The van der Waals surface area contributed by atoms with Crippen molar-refractivity contribution in [1.82, 2.24) is 5.32 Å². The van der Waals surface area contributed by atoms with E-state index in [0.717, 1.165) is 4.90 Å². The molecule has 0 heterocycles. The van der Waals surface area contributed by atoms with Gasteiger partial charge in [0, 0.05) is 10.5 Å². The minimum Gasteiger partial charge on any atom is -0.493 e. The van der Waals surface area contributed by atoms with Crippen LogP contribution in [0.1, 0.15) is 28.4 Å². The molecule has 0 aliphatic rings. The Morgan fingerprint density at radius 1 is 1.08 bits per heavy atom. The number of carboxylic acid groups (broad SMARTS) is 1. The first-order valence-corrected chi connectivity index (χ1v) is 9.09. The number of aliphatic carboxylic acids is 1. The Morgan fingerprint density at radius 2 is 1.73 bits per heavy atom. The van der Waals surface area contributed by atoms with Crippen LogP contribution in [0.2, 0.25) is 0 Å². The highest BCUT2D eigenvalue weighted by molar-refractivity contribution is 7.98. The highest BCUT2D eigenvalue weighted by Gasteiger charge is 2.20. The number of methoxy groups -OCH3 is 2. The minimum absolute atomic E-state index is 0.246. The quantitative estimate of drug-likeness (QED) is 0.688. The molecule has 2 aromatic rings. The van der Waals surface area contributed by atoms with Gasteiger partial charge in [-0.25, -0.2) is 0 Å². The molecule has 6 nitrogen and oxygen atoms in total. The van der Waals surface area contributed by atoms with E-state index in [4.69, 9.17) is 9.47 Å². The molecule has 2 rings (SSSR count). The zero-order valence-corrected chi connectivity index (χ0v) is 15.6. The maximum atomic E-state index is 12.5. The molecule has 0 saturated heterocycles. The van der Waals surface area contributed by atoms with E-state index in [-0.39, 0.29) is 12.3 Å². The summed E-state index contributed by atoms with van der Waals surface area (Å²) in [5.74, 6) is -0.343. The standard InChI is InChI=1S/C19H21NO5S/c1-24-16-9-6-13(10-17(16)25-2)15(11-18(21)22)20-19(23)12-4-7-14(26-3)8-5-12/h4-10,15H,11H2,1-3H3,(H,20,23)(H,21,22). The van der Waals surface area contributed by atoms with Crippen molar-refractivity contribution in [3.05, 3.63) is 53.6 Å². The number of carbonyl (C=O) groups is 2. The molecule has 138 valence electrons. The van der Waals surface area contributed by atoms with Crippen molar-refractivity contribution in [1.29, 1.82) is 0 Å². The molecule has 0 aliphatic carbocycles. The van der Waals surface area contributed by atoms with Gasteiger partial charge in [0.1, 0.15) is 0 Å². The van der Waals surface area contributed by atoms with E-state index in [1.165, 1.54) is 14.2 Å². The molecule has 2 aromatic carbocycles. The molecular formula is C19H21NO5S. The Bertz CT molecular complexity index is 776. The second-order valence-electron chi connectivity index (χ2n) is 5.47. The maximum Gasteiger partial charge on any atom is 0.305 e. The van der Waals surface area contributed by atoms with E-state index in [0.29, 0.717) is 22.6 Å². The Morgan fingerprint density at radius 3 is 2.27 bits per heavy atom. The number of nitrogens with one attached hydrogen (secondary N) is 1. The van der Waals surface area contributed by atoms with Gasteiger partial charge in [-0.3, -0.25) is 9.59 Å². The largest absolute Gasteiger partial charge is 0.493 e. The fourth-order valence-electron chi connectivity index (χ4n) is 2.48. The van der Waals surface area contributed by atoms with Crippen molar-refractivity contribution in [2.75, 3.05) is 20.5 Å². The molecule has 7 heteroatoms. The van der Waals surface area contributed by atoms with Gasteiger partial charge in [0.05, 0.1) is 26.7 Å². The van der Waals surface area contributed by atoms with E-state index < -0.39 is 12.0 Å². The first-order chi connectivity index (χ1) is 12.5. The summed E-state index contributed by atoms with van der Waals surface area (Å²) >= 11 is 1.58. The van der Waals surface area contributed by atoms with Gasteiger partial charge in [-0.05, 0) is 48.2 Å². The molecule has 0 bridgehead atoms. The average Bonchev–Trinajstić information content (AvgIpc) is 2.66. The smallest absolute Gasteiger partial charge is 0.305 e. The summed E-state index contributed by atoms with van der Waals surface area (Å²) in [6, 6.07) is 11.5. The molecule has 0 spiro atoms. The van der Waals surface area contributed by atoms with Gasteiger partial charge < -0.3 is 19.9 Å². The molecule has 26 heavy (non-hydrogen) atoms. The van der Waals surface area contributed by atoms with Crippen molar-refractivity contribution in [3.63, 3.8) is 0 Å². The van der Waals surface area contributed by atoms with Crippen LogP contribution in [0.25, 0.3) is 0 Å². The second kappa shape index (κ2) is 9.15. The Hall–Kier alpha value is -2.67. The predicted molar refractivity (Wildman–Crippen MR) is 100 cm³/mol. The summed E-state index contributed by atoms with van der Waals surface area (Å²) in [6.07, 6.45) is 1.71. The second-order valence-corrected chi connectivity index (χ2v) is 6.35. The lowest BCUT2D eigenvalue weighted by Crippen LogP contribution is -2.30. The molecule has 1 atom stereocenters. The first kappa shape index (κ1) is 19.7. The van der Waals surface area contributed by atoms with Crippen LogP contribution in [0.3, 0.4) is 0 Å². The van der Waals surface area contributed by atoms with Crippen molar-refractivity contribution < 1.29 is 24.2 Å². The SMILES string of the molecule is COc1ccc(C(CC(=O)O)NC(=O)c2ccc(SC)cc2)cc1OC. The number of carbonyl (C=O) groups excluding carboxylic acids is 1. The van der Waals surface area contributed by atoms with Crippen molar-refractivity contribution >= 4 is 23.6 Å². The number of benzene rings is 2. The summed E-state index contributed by atoms with van der Waals surface area (Å²) in [5, 5.41) is 12.0. The zero-order chi connectivity index (χ0) is 19.1. The molecule has 1 unspecified atom stereocenters. The minimum atomic E-state index is -1.01. The third kappa shape index (κ3) is 4.92. The van der Waals surface area contributed by atoms with Gasteiger partial charge in [0.25, 0.3) is 5.91 Å². The van der Waals surface area contributed by atoms with Gasteiger partial charge in [0.15, 0.2) is 11.5 Å². The summed E-state index contributed by atoms with van der Waals surface area (Å²) in [7, 11) is 3.02. The van der Waals surface area contributed by atoms with E-state index in [9.17, 15) is 14.7 Å². The molecule has 0 saturated carbocycles. The van der Waals surface area contributed by atoms with Crippen LogP contribution in [0, 0.1) is 0 Å². The first-order valence-electron chi connectivity index (χ1n) is 7.87. The Kier molecular flexibility index (Phi) is 6.91. The molecule has 0 aromatic heterocycles. The maximum absolute atomic E-state index is 12.5. The van der Waals surface area contributed by atoms with Crippen LogP contribution in [-0.4, -0.2) is 37.5 Å². The predicted octanol–water partition coefficient (Wildman–Crippen LogP) is 3.37. The van der Waals surface area contributed by atoms with E-state index in [1.807, 2.05) is 18.4 Å². The zero-order valence-electron chi connectivity index (χ0n) is 14.8. The van der Waals surface area contributed by atoms with Crippen LogP contribution < -0.4 is 14.8 Å². The Labute approximate surface area is 156 Å². The van der Waals surface area contributed by atoms with E-state index >= 15 is 0 Å². The van der Waals surface area contributed by atoms with Crippen LogP contribution in [0.4, 0.5) is 0 Å². The molecule has 1 amide bonds. The Balaban J connectivity index is 2.26. The normalized spacial score (nSPS) is 11.5. The summed E-state index contributed by atoms with van der Waals surface area (Å²) < 4.78 is 10.5. The summed E-state index contributed by atoms with van der Waals surface area (Å²) in [4.78, 5) is 24.8. The van der Waals surface area contributed by atoms with Crippen LogP contribution in [0.15, 0.2) is 47.4 Å². The molecule has 0 aliphatic heterocycles. The number of hydrogen-bond acceptors (Lipinski definition) is 5. The number of hydrogen-bond donors (Lipinski definition) is 2. The molecule has 0 radical (unpaired) electrons. The number of amides is 1. The molecular weight excluding hydrogens is 354 g/mol. The highest BCUT2D eigenvalue weighted by Crippen LogP contribution is 2.31. The average molecular weight is 375 g/mol. The number of thioether (sulfide) groups is 1. The van der Waals surface area contributed by atoms with Crippen molar-refractivity contribution in [2.45, 2.75) is 17.4 Å². The topological polar surface area (TPSA) is 84.9 Å². The van der Waals surface area contributed by atoms with Crippen molar-refractivity contribution in [2.24, 2.45) is 0 Å². The lowest BCUT2D eigenvalue weighted by atomic mass is 10.0. The fraction of sp³-hybridized carbons (Fsp3) is 0.263. The van der Waals surface area contributed by atoms with Gasteiger partial charge in [-0.1, -0.05) is 6.07 Å². The monoisotopic (exact) mass is 375 g/mol. The summed E-state index contributed by atoms with van der Waals surface area (Å²) in [5.41, 5.74) is 1.10. The molecule has 2 N–H and O–H groups in total. The number of carboxylic acids is 1. The van der Waals surface area contributed by atoms with Gasteiger partial charge in [0.2, 0.25) is 0 Å². The number of rotatable bonds is 8. The van der Waals surface area contributed by atoms with Crippen molar-refractivity contribution in [3.8, 4) is 11.5 Å². The van der Waals surface area contributed by atoms with Gasteiger partial charge in [-0.2, -0.15) is 0 Å². The number of ether oxygens (including phenoxy) is 2. The van der Waals surface area contributed by atoms with E-state index in [1.54, 1.807) is 42.1 Å². The van der Waals surface area contributed by atoms with Gasteiger partial charge in [-0.15, -0.1) is 11.8 Å². The fourth-order valence-corrected chi connectivity index (χ4v) is 2.89. The third-order valence-electron chi connectivity index (χ3n) is 3.85. The summed E-state index contributed by atoms with van der Waals surface area (Å²) in [6.45, 7) is 0. The van der Waals surface area contributed by atoms with Crippen LogP contribution >= 0.6 is 11.8 Å². The third-order valence-corrected chi connectivity index (χ3v) is 4.59. The van der Waals surface area contributed by atoms with Crippen LogP contribution in [0.5, 0.6) is 11.5 Å². The lowest BCUT2D eigenvalue weighted by molar-refractivity contribution is -0.137. The lowest BCUT2D eigenvalue weighted by Gasteiger charge is -2.19. The van der Waals surface area contributed by atoms with Crippen LogP contribution in [-0.2, 0) is 4.79 Å². The highest BCUT2D eigenvalue weighted by atomic mass is 32.2. The molecule has 0 fully saturated rings. The van der Waals surface area contributed by atoms with E-state index in [2.05, 4.69) is 5.32 Å².